The summed E-state index contributed by atoms with van der Waals surface area (Å²) >= 11 is 1.62. The minimum absolute atomic E-state index is 0.698. The second-order valence-electron chi connectivity index (χ2n) is 5.90. The zero-order valence-corrected chi connectivity index (χ0v) is 14.8. The Morgan fingerprint density at radius 1 is 1.08 bits per heavy atom. The van der Waals surface area contributed by atoms with Crippen molar-refractivity contribution in [2.24, 2.45) is 0 Å². The Hall–Kier alpha value is -2.66. The van der Waals surface area contributed by atoms with Crippen LogP contribution < -0.4 is 0 Å². The van der Waals surface area contributed by atoms with Gasteiger partial charge in [-0.1, -0.05) is 60.3 Å². The average molecular weight is 346 g/mol. The lowest BCUT2D eigenvalue weighted by Crippen LogP contribution is -1.99. The number of thioether (sulfide) groups is 1. The molecule has 4 rings (SSSR count). The van der Waals surface area contributed by atoms with Crippen molar-refractivity contribution >= 4 is 33.8 Å². The second kappa shape index (κ2) is 6.69. The van der Waals surface area contributed by atoms with E-state index in [1.165, 1.54) is 11.1 Å². The molecule has 2 aromatic heterocycles. The van der Waals surface area contributed by atoms with E-state index >= 15 is 0 Å². The molecule has 5 heteroatoms. The molecule has 0 bridgehead atoms. The summed E-state index contributed by atoms with van der Waals surface area (Å²) in [5.74, 6) is 0.835. The molecule has 2 aromatic carbocycles. The molecule has 124 valence electrons. The van der Waals surface area contributed by atoms with E-state index in [2.05, 4.69) is 64.7 Å². The number of aryl methyl sites for hydroxylation is 1. The Balaban J connectivity index is 1.74. The maximum Gasteiger partial charge on any atom is 0.211 e. The van der Waals surface area contributed by atoms with Crippen LogP contribution in [0.25, 0.3) is 22.1 Å². The van der Waals surface area contributed by atoms with Gasteiger partial charge in [0.1, 0.15) is 5.52 Å². The quantitative estimate of drug-likeness (QED) is 0.386. The van der Waals surface area contributed by atoms with E-state index in [0.29, 0.717) is 11.7 Å². The molecule has 0 fully saturated rings. The number of rotatable bonds is 5. The fourth-order valence-corrected chi connectivity index (χ4v) is 3.84. The predicted molar refractivity (Wildman–Crippen MR) is 104 cm³/mol. The van der Waals surface area contributed by atoms with Crippen LogP contribution in [0.4, 0.5) is 0 Å². The fraction of sp³-hybridized carbons (Fsp3) is 0.150. The summed E-state index contributed by atoms with van der Waals surface area (Å²) in [6.07, 6.45) is 1.88. The van der Waals surface area contributed by atoms with Crippen LogP contribution >= 0.6 is 11.8 Å². The first-order valence-corrected chi connectivity index (χ1v) is 9.16. The molecule has 0 N–H and O–H groups in total. The van der Waals surface area contributed by atoms with Gasteiger partial charge in [-0.15, -0.1) is 16.8 Å². The van der Waals surface area contributed by atoms with Gasteiger partial charge < -0.3 is 4.57 Å². The van der Waals surface area contributed by atoms with E-state index in [0.717, 1.165) is 27.8 Å². The molecular weight excluding hydrogens is 328 g/mol. The van der Waals surface area contributed by atoms with Gasteiger partial charge in [0.15, 0.2) is 5.65 Å². The van der Waals surface area contributed by atoms with Gasteiger partial charge >= 0.3 is 0 Å². The number of aromatic nitrogens is 4. The molecule has 0 saturated carbocycles. The third-order valence-electron chi connectivity index (χ3n) is 4.28. The summed E-state index contributed by atoms with van der Waals surface area (Å²) in [4.78, 5) is 4.78. The van der Waals surface area contributed by atoms with Crippen LogP contribution in [0.2, 0.25) is 0 Å². The summed E-state index contributed by atoms with van der Waals surface area (Å²) in [5.41, 5.74) is 5.40. The lowest BCUT2D eigenvalue weighted by atomic mass is 10.1. The molecular formula is C20H18N4S. The molecule has 4 aromatic rings. The van der Waals surface area contributed by atoms with Gasteiger partial charge in [-0.2, -0.15) is 0 Å². The third-order valence-corrected chi connectivity index (χ3v) is 5.17. The van der Waals surface area contributed by atoms with E-state index in [1.807, 2.05) is 18.2 Å². The third kappa shape index (κ3) is 2.91. The summed E-state index contributed by atoms with van der Waals surface area (Å²) in [6.45, 7) is 6.69. The maximum atomic E-state index is 4.78. The topological polar surface area (TPSA) is 43.6 Å². The molecule has 0 atom stereocenters. The van der Waals surface area contributed by atoms with Crippen molar-refractivity contribution in [2.75, 3.05) is 0 Å². The number of benzene rings is 2. The normalized spacial score (nSPS) is 11.2. The number of para-hydroxylation sites is 1. The lowest BCUT2D eigenvalue weighted by Gasteiger charge is -2.05. The molecule has 0 radical (unpaired) electrons. The van der Waals surface area contributed by atoms with E-state index in [-0.39, 0.29) is 0 Å². The van der Waals surface area contributed by atoms with Gasteiger partial charge in [0.2, 0.25) is 5.16 Å². The van der Waals surface area contributed by atoms with E-state index in [1.54, 1.807) is 11.8 Å². The maximum absolute atomic E-state index is 4.78. The average Bonchev–Trinajstić information content (AvgIpc) is 2.95. The highest BCUT2D eigenvalue weighted by Crippen LogP contribution is 2.28. The zero-order chi connectivity index (χ0) is 17.2. The molecule has 0 aliphatic heterocycles. The molecule has 25 heavy (non-hydrogen) atoms. The van der Waals surface area contributed by atoms with Crippen molar-refractivity contribution in [3.63, 3.8) is 0 Å². The zero-order valence-electron chi connectivity index (χ0n) is 14.0. The van der Waals surface area contributed by atoms with Gasteiger partial charge in [0.05, 0.1) is 5.52 Å². The minimum Gasteiger partial charge on any atom is -0.320 e. The highest BCUT2D eigenvalue weighted by Gasteiger charge is 2.14. The van der Waals surface area contributed by atoms with Crippen LogP contribution in [0, 0.1) is 6.92 Å². The first-order valence-electron chi connectivity index (χ1n) is 8.18. The SMILES string of the molecule is C=CCn1c2ccccc2c2nnc(SCc3ccccc3C)nc21. The first kappa shape index (κ1) is 15.8. The predicted octanol–water partition coefficient (Wildman–Crippen LogP) is 4.77. The number of fused-ring (bicyclic) bond motifs is 3. The fourth-order valence-electron chi connectivity index (χ4n) is 2.98. The van der Waals surface area contributed by atoms with E-state index in [4.69, 9.17) is 4.98 Å². The molecule has 0 spiro atoms. The summed E-state index contributed by atoms with van der Waals surface area (Å²) in [5, 5.41) is 10.6. The summed E-state index contributed by atoms with van der Waals surface area (Å²) in [6, 6.07) is 16.6. The Bertz CT molecular complexity index is 1070. The van der Waals surface area contributed by atoms with Crippen molar-refractivity contribution in [3.05, 3.63) is 72.3 Å². The summed E-state index contributed by atoms with van der Waals surface area (Å²) in [7, 11) is 0. The number of allylic oxidation sites excluding steroid dienone is 1. The van der Waals surface area contributed by atoms with Gasteiger partial charge in [0, 0.05) is 17.7 Å². The van der Waals surface area contributed by atoms with E-state index < -0.39 is 0 Å². The monoisotopic (exact) mass is 346 g/mol. The highest BCUT2D eigenvalue weighted by molar-refractivity contribution is 7.98. The van der Waals surface area contributed by atoms with Gasteiger partial charge in [0.25, 0.3) is 0 Å². The standard InChI is InChI=1S/C20H18N4S/c1-3-12-24-17-11-7-6-10-16(17)18-19(24)21-20(23-22-18)25-13-15-9-5-4-8-14(15)2/h3-11H,1,12-13H2,2H3. The van der Waals surface area contributed by atoms with Gasteiger partial charge in [-0.3, -0.25) is 0 Å². The van der Waals surface area contributed by atoms with Crippen molar-refractivity contribution in [2.45, 2.75) is 24.4 Å². The number of nitrogens with zero attached hydrogens (tertiary/aromatic N) is 4. The van der Waals surface area contributed by atoms with Gasteiger partial charge in [-0.25, -0.2) is 4.98 Å². The smallest absolute Gasteiger partial charge is 0.211 e. The lowest BCUT2D eigenvalue weighted by molar-refractivity contribution is 0.828. The molecule has 2 heterocycles. The molecule has 4 nitrogen and oxygen atoms in total. The van der Waals surface area contributed by atoms with Crippen molar-refractivity contribution < 1.29 is 0 Å². The number of hydrogen-bond acceptors (Lipinski definition) is 4. The molecule has 0 amide bonds. The van der Waals surface area contributed by atoms with Gasteiger partial charge in [-0.05, 0) is 24.1 Å². The molecule has 0 unspecified atom stereocenters. The van der Waals surface area contributed by atoms with Crippen LogP contribution in [0.15, 0.2) is 66.3 Å². The van der Waals surface area contributed by atoms with Crippen molar-refractivity contribution in [3.8, 4) is 0 Å². The van der Waals surface area contributed by atoms with Crippen LogP contribution in [-0.4, -0.2) is 19.7 Å². The highest BCUT2D eigenvalue weighted by atomic mass is 32.2. The summed E-state index contributed by atoms with van der Waals surface area (Å²) < 4.78 is 2.14. The number of hydrogen-bond donors (Lipinski definition) is 0. The van der Waals surface area contributed by atoms with Crippen LogP contribution in [0.5, 0.6) is 0 Å². The second-order valence-corrected chi connectivity index (χ2v) is 6.84. The molecule has 0 aliphatic carbocycles. The van der Waals surface area contributed by atoms with Crippen molar-refractivity contribution in [1.82, 2.24) is 19.7 Å². The molecule has 0 aliphatic rings. The largest absolute Gasteiger partial charge is 0.320 e. The van der Waals surface area contributed by atoms with E-state index in [9.17, 15) is 0 Å². The Morgan fingerprint density at radius 3 is 2.72 bits per heavy atom. The Labute approximate surface area is 150 Å². The van der Waals surface area contributed by atoms with Crippen molar-refractivity contribution in [1.29, 1.82) is 0 Å². The van der Waals surface area contributed by atoms with Crippen LogP contribution in [0.3, 0.4) is 0 Å². The minimum atomic E-state index is 0.698. The molecule has 0 saturated heterocycles. The Morgan fingerprint density at radius 2 is 1.88 bits per heavy atom. The van der Waals surface area contributed by atoms with Crippen LogP contribution in [0.1, 0.15) is 11.1 Å². The Kier molecular flexibility index (Phi) is 4.24. The van der Waals surface area contributed by atoms with Crippen LogP contribution in [-0.2, 0) is 12.3 Å². The first-order chi connectivity index (χ1) is 12.3.